The molecule has 1 N–H and O–H groups in total. The van der Waals surface area contributed by atoms with Gasteiger partial charge in [-0.05, 0) is 19.2 Å². The second-order valence-corrected chi connectivity index (χ2v) is 4.33. The summed E-state index contributed by atoms with van der Waals surface area (Å²) in [6.07, 6.45) is 0. The molecule has 1 rings (SSSR count). The maximum atomic E-state index is 13.8. The third-order valence-corrected chi connectivity index (χ3v) is 3.07. The molecule has 0 radical (unpaired) electrons. The van der Waals surface area contributed by atoms with Crippen LogP contribution in [0.25, 0.3) is 0 Å². The zero-order chi connectivity index (χ0) is 16.0. The smallest absolute Gasteiger partial charge is 0.308 e. The van der Waals surface area contributed by atoms with Gasteiger partial charge in [0.1, 0.15) is 5.82 Å². The molecule has 0 heterocycles. The second-order valence-electron chi connectivity index (χ2n) is 4.33. The third kappa shape index (κ3) is 4.45. The topological polar surface area (TPSA) is 75.5 Å². The lowest BCUT2D eigenvalue weighted by Gasteiger charge is -2.18. The lowest BCUT2D eigenvalue weighted by molar-refractivity contribution is -0.387. The van der Waals surface area contributed by atoms with Crippen LogP contribution < -0.4 is 5.32 Å². The highest BCUT2D eigenvalue weighted by Gasteiger charge is 2.24. The van der Waals surface area contributed by atoms with E-state index in [0.717, 1.165) is 13.1 Å². The van der Waals surface area contributed by atoms with Crippen molar-refractivity contribution in [1.29, 1.82) is 0 Å². The van der Waals surface area contributed by atoms with Crippen molar-refractivity contribution in [3.63, 3.8) is 0 Å². The first-order valence-corrected chi connectivity index (χ1v) is 6.54. The van der Waals surface area contributed by atoms with Gasteiger partial charge in [0, 0.05) is 13.1 Å². The number of benzene rings is 1. The Hall–Kier alpha value is -2.09. The maximum Gasteiger partial charge on any atom is 0.308 e. The van der Waals surface area contributed by atoms with Gasteiger partial charge >= 0.3 is 5.69 Å². The van der Waals surface area contributed by atoms with E-state index in [0.29, 0.717) is 18.7 Å². The van der Waals surface area contributed by atoms with Crippen LogP contribution >= 0.6 is 0 Å². The molecule has 0 fully saturated rings. The molecule has 0 saturated heterocycles. The van der Waals surface area contributed by atoms with Crippen molar-refractivity contribution < 1.29 is 18.5 Å². The number of amides is 1. The van der Waals surface area contributed by atoms with Gasteiger partial charge in [0.15, 0.2) is 0 Å². The summed E-state index contributed by atoms with van der Waals surface area (Å²) in [4.78, 5) is 23.4. The van der Waals surface area contributed by atoms with E-state index in [4.69, 9.17) is 0 Å². The molecule has 0 bridgehead atoms. The minimum Gasteiger partial charge on any atom is -0.351 e. The van der Waals surface area contributed by atoms with Crippen LogP contribution in [0.3, 0.4) is 0 Å². The SMILES string of the molecule is CCN(CC)CCNC(=O)c1cc(F)cc([N+](=O)[O-])c1F. The fourth-order valence-corrected chi connectivity index (χ4v) is 1.84. The molecule has 1 aromatic carbocycles. The van der Waals surface area contributed by atoms with E-state index in [2.05, 4.69) is 5.32 Å². The van der Waals surface area contributed by atoms with Crippen molar-refractivity contribution in [2.24, 2.45) is 0 Å². The standard InChI is InChI=1S/C13H17F2N3O3/c1-3-17(4-2)6-5-16-13(19)10-7-9(14)8-11(12(10)15)18(20)21/h7-8H,3-6H2,1-2H3,(H,16,19). The normalized spacial score (nSPS) is 10.7. The van der Waals surface area contributed by atoms with Crippen LogP contribution in [0, 0.1) is 21.7 Å². The molecule has 1 aromatic rings. The van der Waals surface area contributed by atoms with Crippen LogP contribution in [0.2, 0.25) is 0 Å². The Balaban J connectivity index is 2.81. The summed E-state index contributed by atoms with van der Waals surface area (Å²) in [5.74, 6) is -3.24. The molecule has 6 nitrogen and oxygen atoms in total. The number of carbonyl (C=O) groups is 1. The zero-order valence-electron chi connectivity index (χ0n) is 11.9. The molecule has 8 heteroatoms. The first-order chi connectivity index (χ1) is 9.90. The summed E-state index contributed by atoms with van der Waals surface area (Å²) in [5, 5.41) is 13.0. The highest BCUT2D eigenvalue weighted by molar-refractivity contribution is 5.95. The summed E-state index contributed by atoms with van der Waals surface area (Å²) in [6, 6.07) is 1.09. The number of nitro groups is 1. The van der Waals surface area contributed by atoms with E-state index in [1.165, 1.54) is 0 Å². The van der Waals surface area contributed by atoms with Gasteiger partial charge in [-0.15, -0.1) is 0 Å². The average Bonchev–Trinajstić information content (AvgIpc) is 2.45. The van der Waals surface area contributed by atoms with Crippen molar-refractivity contribution in [1.82, 2.24) is 10.2 Å². The summed E-state index contributed by atoms with van der Waals surface area (Å²) < 4.78 is 27.0. The van der Waals surface area contributed by atoms with E-state index in [-0.39, 0.29) is 6.54 Å². The number of hydrogen-bond acceptors (Lipinski definition) is 4. The Morgan fingerprint density at radius 3 is 2.48 bits per heavy atom. The molecule has 0 atom stereocenters. The van der Waals surface area contributed by atoms with Gasteiger partial charge < -0.3 is 10.2 Å². The minimum absolute atomic E-state index is 0.240. The third-order valence-electron chi connectivity index (χ3n) is 3.07. The predicted molar refractivity (Wildman–Crippen MR) is 73.1 cm³/mol. The fourth-order valence-electron chi connectivity index (χ4n) is 1.84. The lowest BCUT2D eigenvalue weighted by Crippen LogP contribution is -2.35. The molecular weight excluding hydrogens is 284 g/mol. The van der Waals surface area contributed by atoms with Gasteiger partial charge in [-0.3, -0.25) is 14.9 Å². The number of nitro benzene ring substituents is 1. The molecule has 0 aromatic heterocycles. The van der Waals surface area contributed by atoms with Gasteiger partial charge in [-0.25, -0.2) is 4.39 Å². The van der Waals surface area contributed by atoms with E-state index in [1.807, 2.05) is 18.7 Å². The van der Waals surface area contributed by atoms with Gasteiger partial charge in [-0.2, -0.15) is 4.39 Å². The number of rotatable bonds is 7. The predicted octanol–water partition coefficient (Wildman–Crippen LogP) is 1.94. The first kappa shape index (κ1) is 17.0. The molecule has 0 aliphatic heterocycles. The summed E-state index contributed by atoms with van der Waals surface area (Å²) >= 11 is 0. The number of carbonyl (C=O) groups excluding carboxylic acids is 1. The summed E-state index contributed by atoms with van der Waals surface area (Å²) in [7, 11) is 0. The Bertz CT molecular complexity index is 534. The molecule has 1 amide bonds. The molecule has 0 spiro atoms. The summed E-state index contributed by atoms with van der Waals surface area (Å²) in [6.45, 7) is 6.31. The number of nitrogens with one attached hydrogen (secondary N) is 1. The van der Waals surface area contributed by atoms with Crippen LogP contribution in [0.15, 0.2) is 12.1 Å². The quantitative estimate of drug-likeness (QED) is 0.617. The lowest BCUT2D eigenvalue weighted by atomic mass is 10.1. The van der Waals surface area contributed by atoms with Gasteiger partial charge in [0.25, 0.3) is 5.91 Å². The highest BCUT2D eigenvalue weighted by Crippen LogP contribution is 2.22. The molecule has 0 aliphatic carbocycles. The Morgan fingerprint density at radius 1 is 1.33 bits per heavy atom. The first-order valence-electron chi connectivity index (χ1n) is 6.54. The number of halogens is 2. The number of hydrogen-bond donors (Lipinski definition) is 1. The van der Waals surface area contributed by atoms with Crippen molar-refractivity contribution in [3.05, 3.63) is 39.4 Å². The monoisotopic (exact) mass is 301 g/mol. The molecule has 0 unspecified atom stereocenters. The molecular formula is C13H17F2N3O3. The van der Waals surface area contributed by atoms with Crippen molar-refractivity contribution in [2.75, 3.05) is 26.2 Å². The second kappa shape index (κ2) is 7.63. The average molecular weight is 301 g/mol. The van der Waals surface area contributed by atoms with Crippen LogP contribution in [0.5, 0.6) is 0 Å². The molecule has 0 aliphatic rings. The Labute approximate surface area is 120 Å². The Morgan fingerprint density at radius 2 is 1.95 bits per heavy atom. The molecule has 116 valence electrons. The van der Waals surface area contributed by atoms with E-state index in [9.17, 15) is 23.7 Å². The fraction of sp³-hybridized carbons (Fsp3) is 0.462. The van der Waals surface area contributed by atoms with Gasteiger partial charge in [0.05, 0.1) is 16.6 Å². The minimum atomic E-state index is -1.33. The van der Waals surface area contributed by atoms with Gasteiger partial charge in [-0.1, -0.05) is 13.8 Å². The number of likely N-dealkylation sites (N-methyl/N-ethyl adjacent to an activating group) is 1. The van der Waals surface area contributed by atoms with Crippen LogP contribution in [0.4, 0.5) is 14.5 Å². The Kier molecular flexibility index (Phi) is 6.16. The van der Waals surface area contributed by atoms with Crippen molar-refractivity contribution in [2.45, 2.75) is 13.8 Å². The summed E-state index contributed by atoms with van der Waals surface area (Å²) in [5.41, 5.74) is -1.72. The molecule has 21 heavy (non-hydrogen) atoms. The van der Waals surface area contributed by atoms with Crippen LogP contribution in [-0.2, 0) is 0 Å². The molecule has 0 saturated carbocycles. The van der Waals surface area contributed by atoms with Crippen molar-refractivity contribution >= 4 is 11.6 Å². The van der Waals surface area contributed by atoms with Crippen LogP contribution in [-0.4, -0.2) is 41.9 Å². The van der Waals surface area contributed by atoms with Crippen molar-refractivity contribution in [3.8, 4) is 0 Å². The largest absolute Gasteiger partial charge is 0.351 e. The zero-order valence-corrected chi connectivity index (χ0v) is 11.9. The number of nitrogens with zero attached hydrogens (tertiary/aromatic N) is 2. The van der Waals surface area contributed by atoms with Gasteiger partial charge in [0.2, 0.25) is 5.82 Å². The highest BCUT2D eigenvalue weighted by atomic mass is 19.1. The van der Waals surface area contributed by atoms with Crippen LogP contribution in [0.1, 0.15) is 24.2 Å². The van der Waals surface area contributed by atoms with E-state index < -0.39 is 33.7 Å². The maximum absolute atomic E-state index is 13.8. The van der Waals surface area contributed by atoms with E-state index >= 15 is 0 Å². The van der Waals surface area contributed by atoms with E-state index in [1.54, 1.807) is 0 Å².